The Morgan fingerprint density at radius 1 is 1.44 bits per heavy atom. The summed E-state index contributed by atoms with van der Waals surface area (Å²) >= 11 is 0. The highest BCUT2D eigenvalue weighted by molar-refractivity contribution is 5.74. The fraction of sp³-hybridized carbons (Fsp3) is 0.538. The number of rotatable bonds is 5. The third kappa shape index (κ3) is 2.37. The number of hydrogen-bond acceptors (Lipinski definition) is 4. The van der Waals surface area contributed by atoms with Gasteiger partial charge in [0.05, 0.1) is 17.8 Å². The van der Waals surface area contributed by atoms with Crippen molar-refractivity contribution < 1.29 is 4.74 Å². The molecule has 2 aromatic heterocycles. The van der Waals surface area contributed by atoms with E-state index < -0.39 is 0 Å². The molecule has 2 N–H and O–H groups in total. The van der Waals surface area contributed by atoms with Gasteiger partial charge in [0.1, 0.15) is 11.3 Å². The second-order valence-electron chi connectivity index (χ2n) is 4.65. The van der Waals surface area contributed by atoms with Crippen molar-refractivity contribution in [2.45, 2.75) is 32.4 Å². The lowest BCUT2D eigenvalue weighted by molar-refractivity contribution is 0.107. The van der Waals surface area contributed by atoms with Crippen molar-refractivity contribution in [3.05, 3.63) is 24.3 Å². The van der Waals surface area contributed by atoms with E-state index in [2.05, 4.69) is 28.4 Å². The van der Waals surface area contributed by atoms with Crippen molar-refractivity contribution in [2.24, 2.45) is 5.73 Å². The van der Waals surface area contributed by atoms with Crippen molar-refractivity contribution in [2.75, 3.05) is 13.7 Å². The molecule has 5 heteroatoms. The highest BCUT2D eigenvalue weighted by Crippen LogP contribution is 2.21. The van der Waals surface area contributed by atoms with Gasteiger partial charge in [-0.05, 0) is 19.9 Å². The number of imidazole rings is 1. The van der Waals surface area contributed by atoms with Crippen LogP contribution < -0.4 is 5.73 Å². The zero-order valence-electron chi connectivity index (χ0n) is 11.1. The summed E-state index contributed by atoms with van der Waals surface area (Å²) in [6.07, 6.45) is 4.32. The van der Waals surface area contributed by atoms with Gasteiger partial charge in [-0.2, -0.15) is 0 Å². The number of pyridine rings is 1. The smallest absolute Gasteiger partial charge is 0.112 e. The van der Waals surface area contributed by atoms with Gasteiger partial charge >= 0.3 is 0 Å². The Labute approximate surface area is 107 Å². The molecule has 0 radical (unpaired) electrons. The summed E-state index contributed by atoms with van der Waals surface area (Å²) in [6, 6.07) is 2.35. The fourth-order valence-corrected chi connectivity index (χ4v) is 2.19. The van der Waals surface area contributed by atoms with Gasteiger partial charge in [-0.15, -0.1) is 0 Å². The van der Waals surface area contributed by atoms with Crippen molar-refractivity contribution in [3.8, 4) is 0 Å². The molecule has 2 heterocycles. The summed E-state index contributed by atoms with van der Waals surface area (Å²) in [6.45, 7) is 4.79. The van der Waals surface area contributed by atoms with Crippen LogP contribution >= 0.6 is 0 Å². The van der Waals surface area contributed by atoms with Crippen molar-refractivity contribution in [3.63, 3.8) is 0 Å². The van der Waals surface area contributed by atoms with Crippen LogP contribution in [-0.2, 0) is 11.2 Å². The average Bonchev–Trinajstić information content (AvgIpc) is 2.73. The minimum absolute atomic E-state index is 0.00673. The lowest BCUT2D eigenvalue weighted by Gasteiger charge is -2.16. The Bertz CT molecular complexity index is 517. The summed E-state index contributed by atoms with van der Waals surface area (Å²) in [7, 11) is 1.68. The Morgan fingerprint density at radius 3 is 2.83 bits per heavy atom. The number of hydrogen-bond donors (Lipinski definition) is 1. The van der Waals surface area contributed by atoms with Gasteiger partial charge < -0.3 is 15.0 Å². The Balaban J connectivity index is 2.45. The van der Waals surface area contributed by atoms with E-state index in [9.17, 15) is 0 Å². The van der Waals surface area contributed by atoms with Crippen molar-refractivity contribution >= 4 is 11.0 Å². The zero-order chi connectivity index (χ0) is 13.1. The molecule has 98 valence electrons. The highest BCUT2D eigenvalue weighted by Gasteiger charge is 2.16. The van der Waals surface area contributed by atoms with Crippen LogP contribution in [0.3, 0.4) is 0 Å². The second-order valence-corrected chi connectivity index (χ2v) is 4.65. The van der Waals surface area contributed by atoms with Crippen LogP contribution in [0.25, 0.3) is 11.0 Å². The highest BCUT2D eigenvalue weighted by atomic mass is 16.5. The molecule has 0 aliphatic heterocycles. The molecule has 18 heavy (non-hydrogen) atoms. The maximum Gasteiger partial charge on any atom is 0.112 e. The average molecular weight is 248 g/mol. The first-order valence-electron chi connectivity index (χ1n) is 6.21. The molecule has 0 bridgehead atoms. The zero-order valence-corrected chi connectivity index (χ0v) is 11.1. The maximum absolute atomic E-state index is 5.68. The summed E-state index contributed by atoms with van der Waals surface area (Å²) in [5.74, 6) is 1.00. The molecule has 2 rings (SSSR count). The van der Waals surface area contributed by atoms with Gasteiger partial charge in [0.15, 0.2) is 0 Å². The van der Waals surface area contributed by atoms with Gasteiger partial charge in [0.2, 0.25) is 0 Å². The minimum Gasteiger partial charge on any atom is -0.380 e. The third-order valence-corrected chi connectivity index (χ3v) is 3.09. The number of fused-ring (bicyclic) bond motifs is 1. The number of nitrogens with two attached hydrogens (primary N) is 1. The quantitative estimate of drug-likeness (QED) is 0.871. The molecular formula is C13H20N4O. The molecule has 1 unspecified atom stereocenters. The SMILES string of the molecule is COC(CN)Cc1nc2cnccc2n1C(C)C. The van der Waals surface area contributed by atoms with Gasteiger partial charge in [-0.3, -0.25) is 4.98 Å². The van der Waals surface area contributed by atoms with Gasteiger partial charge in [0.25, 0.3) is 0 Å². The van der Waals surface area contributed by atoms with Crippen LogP contribution in [0, 0.1) is 0 Å². The van der Waals surface area contributed by atoms with Crippen LogP contribution in [0.15, 0.2) is 18.5 Å². The second kappa shape index (κ2) is 5.46. The molecular weight excluding hydrogens is 228 g/mol. The van der Waals surface area contributed by atoms with Crippen LogP contribution in [0.5, 0.6) is 0 Å². The molecule has 0 aliphatic rings. The molecule has 0 saturated carbocycles. The van der Waals surface area contributed by atoms with E-state index in [1.165, 1.54) is 0 Å². The Kier molecular flexibility index (Phi) is 3.93. The van der Waals surface area contributed by atoms with Crippen LogP contribution in [0.2, 0.25) is 0 Å². The van der Waals surface area contributed by atoms with E-state index in [-0.39, 0.29) is 6.10 Å². The fourth-order valence-electron chi connectivity index (χ4n) is 2.19. The van der Waals surface area contributed by atoms with E-state index in [0.717, 1.165) is 23.3 Å². The molecule has 0 saturated heterocycles. The third-order valence-electron chi connectivity index (χ3n) is 3.09. The largest absolute Gasteiger partial charge is 0.380 e. The van der Waals surface area contributed by atoms with Crippen molar-refractivity contribution in [1.29, 1.82) is 0 Å². The van der Waals surface area contributed by atoms with Crippen molar-refractivity contribution in [1.82, 2.24) is 14.5 Å². The van der Waals surface area contributed by atoms with Gasteiger partial charge in [0, 0.05) is 32.3 Å². The number of ether oxygens (including phenoxy) is 1. The number of methoxy groups -OCH3 is 1. The van der Waals surface area contributed by atoms with Gasteiger partial charge in [-0.1, -0.05) is 0 Å². The lowest BCUT2D eigenvalue weighted by Crippen LogP contribution is -2.26. The summed E-state index contributed by atoms with van der Waals surface area (Å²) in [5.41, 5.74) is 7.71. The topological polar surface area (TPSA) is 66.0 Å². The summed E-state index contributed by atoms with van der Waals surface area (Å²) in [4.78, 5) is 8.75. The Hall–Kier alpha value is -1.46. The predicted molar refractivity (Wildman–Crippen MR) is 71.5 cm³/mol. The summed E-state index contributed by atoms with van der Waals surface area (Å²) < 4.78 is 7.56. The first-order valence-corrected chi connectivity index (χ1v) is 6.21. The summed E-state index contributed by atoms with van der Waals surface area (Å²) in [5, 5.41) is 0. The first-order chi connectivity index (χ1) is 8.67. The first kappa shape index (κ1) is 13.0. The molecule has 0 spiro atoms. The van der Waals surface area contributed by atoms with Crippen LogP contribution in [0.1, 0.15) is 25.7 Å². The molecule has 0 aromatic carbocycles. The molecule has 1 atom stereocenters. The van der Waals surface area contributed by atoms with Gasteiger partial charge in [-0.25, -0.2) is 4.98 Å². The Morgan fingerprint density at radius 2 is 2.22 bits per heavy atom. The standard InChI is InChI=1S/C13H20N4O/c1-9(2)17-12-4-5-15-8-11(12)16-13(17)6-10(7-14)18-3/h4-5,8-10H,6-7,14H2,1-3H3. The van der Waals surface area contributed by atoms with E-state index >= 15 is 0 Å². The van der Waals surface area contributed by atoms with Crippen LogP contribution in [0.4, 0.5) is 0 Å². The molecule has 5 nitrogen and oxygen atoms in total. The number of aromatic nitrogens is 3. The molecule has 2 aromatic rings. The lowest BCUT2D eigenvalue weighted by atomic mass is 10.2. The normalized spacial score (nSPS) is 13.4. The minimum atomic E-state index is 0.00673. The predicted octanol–water partition coefficient (Wildman–Crippen LogP) is 1.53. The molecule has 0 amide bonds. The molecule has 0 aliphatic carbocycles. The van der Waals surface area contributed by atoms with Crippen LogP contribution in [-0.4, -0.2) is 34.3 Å². The van der Waals surface area contributed by atoms with E-state index in [1.54, 1.807) is 19.5 Å². The monoisotopic (exact) mass is 248 g/mol. The van der Waals surface area contributed by atoms with E-state index in [0.29, 0.717) is 12.6 Å². The number of nitrogens with zero attached hydrogens (tertiary/aromatic N) is 3. The van der Waals surface area contributed by atoms with E-state index in [4.69, 9.17) is 10.5 Å². The maximum atomic E-state index is 5.68. The van der Waals surface area contributed by atoms with E-state index in [1.807, 2.05) is 6.07 Å². The molecule has 0 fully saturated rings.